The van der Waals surface area contributed by atoms with E-state index < -0.39 is 0 Å². The monoisotopic (exact) mass is 436 g/mol. The molecule has 2 aromatic rings. The smallest absolute Gasteiger partial charge is 0.196 e. The summed E-state index contributed by atoms with van der Waals surface area (Å²) in [7, 11) is 0. The lowest BCUT2D eigenvalue weighted by Crippen LogP contribution is -2.28. The highest BCUT2D eigenvalue weighted by molar-refractivity contribution is 9.10. The number of benzene rings is 2. The van der Waals surface area contributed by atoms with E-state index in [9.17, 15) is 9.59 Å². The topological polar surface area (TPSA) is 81.4 Å². The van der Waals surface area contributed by atoms with Gasteiger partial charge in [-0.25, -0.2) is 0 Å². The number of halogens is 2. The number of carbonyl (C=O) groups is 2. The molecule has 3 rings (SSSR count). The molecule has 0 fully saturated rings. The minimum Gasteiger partial charge on any atom is -0.397 e. The van der Waals surface area contributed by atoms with Crippen LogP contribution in [0.4, 0.5) is 11.4 Å². The van der Waals surface area contributed by atoms with Crippen molar-refractivity contribution < 1.29 is 14.3 Å². The maximum absolute atomic E-state index is 13.1. The van der Waals surface area contributed by atoms with E-state index in [-0.39, 0.29) is 28.9 Å². The largest absolute Gasteiger partial charge is 0.397 e. The fourth-order valence-electron chi connectivity index (χ4n) is 3.02. The second kappa shape index (κ2) is 7.78. The number of ether oxygens (including phenoxy) is 1. The number of alkyl halides is 1. The van der Waals surface area contributed by atoms with Crippen LogP contribution in [-0.4, -0.2) is 36.7 Å². The molecule has 1 unspecified atom stereocenters. The number of carbonyl (C=O) groups excluding carboxylic acids is 2. The molecule has 0 saturated heterocycles. The lowest BCUT2D eigenvalue weighted by molar-refractivity contribution is 0.0980. The summed E-state index contributed by atoms with van der Waals surface area (Å²) >= 11 is 9.00. The number of hydrogen-bond acceptors (Lipinski definition) is 5. The number of ketones is 2. The Hall–Kier alpha value is -1.89. The van der Waals surface area contributed by atoms with Crippen LogP contribution in [0.15, 0.2) is 34.8 Å². The van der Waals surface area contributed by atoms with Gasteiger partial charge in [-0.2, -0.15) is 0 Å². The van der Waals surface area contributed by atoms with Gasteiger partial charge in [0.2, 0.25) is 0 Å². The predicted molar refractivity (Wildman–Crippen MR) is 106 cm³/mol. The Labute approximate surface area is 165 Å². The first-order valence-electron chi connectivity index (χ1n) is 8.16. The molecule has 1 aliphatic carbocycles. The zero-order valence-electron chi connectivity index (χ0n) is 14.1. The third-order valence-corrected chi connectivity index (χ3v) is 4.99. The normalized spacial score (nSPS) is 14.0. The van der Waals surface area contributed by atoms with Crippen molar-refractivity contribution in [2.24, 2.45) is 0 Å². The summed E-state index contributed by atoms with van der Waals surface area (Å²) < 4.78 is 6.00. The molecule has 1 atom stereocenters. The number of hydrogen-bond donors (Lipinski definition) is 2. The lowest BCUT2D eigenvalue weighted by atomic mass is 9.82. The minimum atomic E-state index is -0.247. The standard InChI is InChI=1S/C19H18BrClN2O3/c1-10(9-26-7-6-21)23-14-8-13(20)17(22)16-15(14)18(24)11-4-2-3-5-12(11)19(16)25/h2-5,8,10,23H,6-7,9,22H2,1H3. The van der Waals surface area contributed by atoms with Gasteiger partial charge in [0.1, 0.15) is 0 Å². The molecule has 136 valence electrons. The maximum atomic E-state index is 13.1. The van der Waals surface area contributed by atoms with Crippen molar-refractivity contribution in [3.63, 3.8) is 0 Å². The summed E-state index contributed by atoms with van der Waals surface area (Å²) in [4.78, 5) is 26.0. The third-order valence-electron chi connectivity index (χ3n) is 4.18. The highest BCUT2D eigenvalue weighted by Crippen LogP contribution is 2.39. The fraction of sp³-hybridized carbons (Fsp3) is 0.263. The van der Waals surface area contributed by atoms with E-state index in [0.29, 0.717) is 45.9 Å². The van der Waals surface area contributed by atoms with Crippen molar-refractivity contribution in [2.75, 3.05) is 30.1 Å². The molecule has 0 bridgehead atoms. The Kier molecular flexibility index (Phi) is 5.65. The molecular weight excluding hydrogens is 420 g/mol. The van der Waals surface area contributed by atoms with Gasteiger partial charge in [0, 0.05) is 33.2 Å². The van der Waals surface area contributed by atoms with E-state index in [1.807, 2.05) is 6.92 Å². The molecule has 2 aromatic carbocycles. The Bertz CT molecular complexity index is 885. The first-order chi connectivity index (χ1) is 12.5. The fourth-order valence-corrected chi connectivity index (χ4v) is 3.56. The summed E-state index contributed by atoms with van der Waals surface area (Å²) in [5.41, 5.74) is 8.25. The van der Waals surface area contributed by atoms with Crippen molar-refractivity contribution >= 4 is 50.5 Å². The van der Waals surface area contributed by atoms with Crippen molar-refractivity contribution in [2.45, 2.75) is 13.0 Å². The van der Waals surface area contributed by atoms with Gasteiger partial charge in [-0.15, -0.1) is 11.6 Å². The van der Waals surface area contributed by atoms with E-state index in [0.717, 1.165) is 0 Å². The first kappa shape index (κ1) is 18.9. The van der Waals surface area contributed by atoms with Gasteiger partial charge in [0.15, 0.2) is 11.6 Å². The molecule has 7 heteroatoms. The Morgan fingerprint density at radius 2 is 1.81 bits per heavy atom. The molecule has 0 radical (unpaired) electrons. The lowest BCUT2D eigenvalue weighted by Gasteiger charge is -2.25. The second-order valence-electron chi connectivity index (χ2n) is 6.08. The van der Waals surface area contributed by atoms with Crippen LogP contribution in [0.3, 0.4) is 0 Å². The summed E-state index contributed by atoms with van der Waals surface area (Å²) in [6.07, 6.45) is 0. The zero-order valence-corrected chi connectivity index (χ0v) is 16.5. The highest BCUT2D eigenvalue weighted by Gasteiger charge is 2.34. The average Bonchev–Trinajstić information content (AvgIpc) is 2.62. The van der Waals surface area contributed by atoms with Crippen LogP contribution in [0, 0.1) is 0 Å². The number of nitrogens with one attached hydrogen (secondary N) is 1. The number of nitrogens with two attached hydrogens (primary N) is 1. The van der Waals surface area contributed by atoms with E-state index in [4.69, 9.17) is 22.1 Å². The summed E-state index contributed by atoms with van der Waals surface area (Å²) in [6.45, 7) is 2.79. The quantitative estimate of drug-likeness (QED) is 0.348. The number of fused-ring (bicyclic) bond motifs is 2. The van der Waals surface area contributed by atoms with E-state index in [1.54, 1.807) is 30.3 Å². The Balaban J connectivity index is 2.05. The third kappa shape index (κ3) is 3.37. The molecule has 0 spiro atoms. The molecular formula is C19H18BrClN2O3. The number of nitrogen functional groups attached to an aromatic ring is 1. The summed E-state index contributed by atoms with van der Waals surface area (Å²) in [6, 6.07) is 8.43. The SMILES string of the molecule is CC(COCCCl)Nc1cc(Br)c(N)c2c1C(=O)c1ccccc1C2=O. The molecule has 3 N–H and O–H groups in total. The molecule has 0 aromatic heterocycles. The second-order valence-corrected chi connectivity index (χ2v) is 7.32. The van der Waals surface area contributed by atoms with Crippen molar-refractivity contribution in [1.29, 1.82) is 0 Å². The van der Waals surface area contributed by atoms with Gasteiger partial charge >= 0.3 is 0 Å². The first-order valence-corrected chi connectivity index (χ1v) is 9.49. The Morgan fingerprint density at radius 1 is 1.19 bits per heavy atom. The number of rotatable bonds is 6. The van der Waals surface area contributed by atoms with Crippen LogP contribution in [0.1, 0.15) is 38.8 Å². The van der Waals surface area contributed by atoms with Crippen LogP contribution < -0.4 is 11.1 Å². The molecule has 1 aliphatic rings. The molecule has 5 nitrogen and oxygen atoms in total. The summed E-state index contributed by atoms with van der Waals surface area (Å²) in [5.74, 6) is -0.0480. The molecule has 0 heterocycles. The zero-order chi connectivity index (χ0) is 18.8. The van der Waals surface area contributed by atoms with Crippen LogP contribution in [0.25, 0.3) is 0 Å². The van der Waals surface area contributed by atoms with Crippen LogP contribution in [-0.2, 0) is 4.74 Å². The van der Waals surface area contributed by atoms with Crippen LogP contribution >= 0.6 is 27.5 Å². The molecule has 0 aliphatic heterocycles. The van der Waals surface area contributed by atoms with Gasteiger partial charge in [-0.1, -0.05) is 24.3 Å². The maximum Gasteiger partial charge on any atom is 0.196 e. The van der Waals surface area contributed by atoms with Crippen LogP contribution in [0.5, 0.6) is 0 Å². The van der Waals surface area contributed by atoms with Crippen molar-refractivity contribution in [1.82, 2.24) is 0 Å². The van der Waals surface area contributed by atoms with E-state index in [1.165, 1.54) is 0 Å². The van der Waals surface area contributed by atoms with Crippen molar-refractivity contribution in [3.8, 4) is 0 Å². The van der Waals surface area contributed by atoms with Gasteiger partial charge in [-0.05, 0) is 28.9 Å². The molecule has 26 heavy (non-hydrogen) atoms. The van der Waals surface area contributed by atoms with Gasteiger partial charge in [0.25, 0.3) is 0 Å². The molecule has 0 amide bonds. The highest BCUT2D eigenvalue weighted by atomic mass is 79.9. The van der Waals surface area contributed by atoms with Gasteiger partial charge in [0.05, 0.1) is 30.0 Å². The minimum absolute atomic E-state index is 0.0853. The van der Waals surface area contributed by atoms with Crippen LogP contribution in [0.2, 0.25) is 0 Å². The average molecular weight is 438 g/mol. The predicted octanol–water partition coefficient (Wildman–Crippen LogP) is 3.86. The van der Waals surface area contributed by atoms with E-state index >= 15 is 0 Å². The van der Waals surface area contributed by atoms with Crippen molar-refractivity contribution in [3.05, 3.63) is 57.1 Å². The summed E-state index contributed by atoms with van der Waals surface area (Å²) in [5, 5.41) is 3.25. The van der Waals surface area contributed by atoms with E-state index in [2.05, 4.69) is 21.2 Å². The van der Waals surface area contributed by atoms with Gasteiger partial charge < -0.3 is 15.8 Å². The Morgan fingerprint density at radius 3 is 2.42 bits per heavy atom. The molecule has 0 saturated carbocycles. The van der Waals surface area contributed by atoms with Gasteiger partial charge in [-0.3, -0.25) is 9.59 Å². The number of anilines is 2.